The van der Waals surface area contributed by atoms with E-state index in [1.54, 1.807) is 14.0 Å². The molecule has 0 aromatic rings. The van der Waals surface area contributed by atoms with Crippen molar-refractivity contribution in [3.8, 4) is 0 Å². The maximum atomic E-state index is 9.31. The molecule has 0 bridgehead atoms. The molecule has 0 aromatic carbocycles. The Hall–Kier alpha value is -0.0900. The summed E-state index contributed by atoms with van der Waals surface area (Å²) >= 11 is 7.80. The third-order valence-electron chi connectivity index (χ3n) is 0.287. The van der Waals surface area contributed by atoms with E-state index in [4.69, 9.17) is 0 Å². The number of methoxy groups -OCH3 is 1. The smallest absolute Gasteiger partial charge is 0.182 e. The summed E-state index contributed by atoms with van der Waals surface area (Å²) in [5.41, 5.74) is 0. The van der Waals surface area contributed by atoms with Crippen LogP contribution in [0.3, 0.4) is 0 Å². The van der Waals surface area contributed by atoms with E-state index in [0.29, 0.717) is 5.05 Å². The van der Waals surface area contributed by atoms with Crippen molar-refractivity contribution in [1.29, 1.82) is 0 Å². The third-order valence-corrected chi connectivity index (χ3v) is 0.454. The number of rotatable bonds is 0. The Bertz CT molecular complexity index is 97.1. The average molecular weight is 166 g/mol. The van der Waals surface area contributed by atoms with Crippen LogP contribution in [0, 0.1) is 0 Å². The van der Waals surface area contributed by atoms with Crippen molar-refractivity contribution in [3.05, 3.63) is 0 Å². The molecule has 9 heavy (non-hydrogen) atoms. The zero-order valence-corrected chi connectivity index (χ0v) is 7.38. The Balaban J connectivity index is 0. The van der Waals surface area contributed by atoms with Gasteiger partial charge in [0.2, 0.25) is 0 Å². The number of ether oxygens (including phenoxy) is 1. The third kappa shape index (κ3) is 75.7. The number of hydrogen-bond donors (Lipinski definition) is 1. The molecule has 0 radical (unpaired) electrons. The summed E-state index contributed by atoms with van der Waals surface area (Å²) in [7, 11) is 1.56. The van der Waals surface area contributed by atoms with Crippen LogP contribution < -0.4 is 0 Å². The van der Waals surface area contributed by atoms with Crippen LogP contribution in [0.2, 0.25) is 0 Å². The number of carbonyl (C=O) groups is 1. The minimum atomic E-state index is -0.139. The molecule has 4 heteroatoms. The van der Waals surface area contributed by atoms with Gasteiger partial charge < -0.3 is 4.74 Å². The second-order valence-corrected chi connectivity index (χ2v) is 2.42. The quantitative estimate of drug-likeness (QED) is 0.435. The summed E-state index contributed by atoms with van der Waals surface area (Å²) in [5.74, 6) is 0. The number of hydrogen-bond acceptors (Lipinski definition) is 3. The maximum Gasteiger partial charge on any atom is 0.182 e. The lowest BCUT2D eigenvalue weighted by Gasteiger charge is -1.85. The molecule has 0 atom stereocenters. The van der Waals surface area contributed by atoms with Gasteiger partial charge in [-0.2, -0.15) is 0 Å². The molecule has 0 unspecified atom stereocenters. The highest BCUT2D eigenvalue weighted by molar-refractivity contribution is 7.96. The Kier molecular flexibility index (Phi) is 10.3. The Morgan fingerprint density at radius 3 is 1.67 bits per heavy atom. The Labute approximate surface area is 66.0 Å². The monoisotopic (exact) mass is 166 g/mol. The summed E-state index contributed by atoms with van der Waals surface area (Å²) < 4.78 is 4.48. The minimum Gasteiger partial charge on any atom is -0.491 e. The molecular formula is C5H10O2S2. The van der Waals surface area contributed by atoms with Gasteiger partial charge in [0.1, 0.15) is 0 Å². The first-order chi connectivity index (χ1) is 4.00. The molecule has 54 valence electrons. The SMILES string of the molecule is CC(=O)S.COC(C)=S. The van der Waals surface area contributed by atoms with E-state index in [2.05, 4.69) is 29.6 Å². The van der Waals surface area contributed by atoms with Gasteiger partial charge in [-0.3, -0.25) is 4.79 Å². The van der Waals surface area contributed by atoms with E-state index in [-0.39, 0.29) is 5.12 Å². The molecule has 0 aliphatic rings. The van der Waals surface area contributed by atoms with Crippen LogP contribution >= 0.6 is 24.8 Å². The first-order valence-corrected chi connectivity index (χ1v) is 3.10. The van der Waals surface area contributed by atoms with Crippen molar-refractivity contribution in [2.24, 2.45) is 0 Å². The van der Waals surface area contributed by atoms with Crippen LogP contribution in [0.1, 0.15) is 13.8 Å². The molecule has 0 rings (SSSR count). The highest BCUT2D eigenvalue weighted by Crippen LogP contribution is 1.68. The standard InChI is InChI=1S/C3H6OS.C2H4OS/c1-3(5)4-2;1-2(3)4/h1-2H3;1H3,(H,3,4). The van der Waals surface area contributed by atoms with E-state index in [9.17, 15) is 4.79 Å². The summed E-state index contributed by atoms with van der Waals surface area (Å²) in [4.78, 5) is 9.31. The number of thiocarbonyl (C=S) groups is 1. The lowest BCUT2D eigenvalue weighted by molar-refractivity contribution is -0.108. The van der Waals surface area contributed by atoms with Gasteiger partial charge in [-0.05, 0) is 12.2 Å². The molecule has 0 spiro atoms. The summed E-state index contributed by atoms with van der Waals surface area (Å²) in [5, 5.41) is 0.449. The predicted octanol–water partition coefficient (Wildman–Crippen LogP) is 1.44. The molecule has 0 saturated carbocycles. The molecule has 0 fully saturated rings. The lowest BCUT2D eigenvalue weighted by atomic mass is 10.9. The van der Waals surface area contributed by atoms with Crippen LogP contribution in [0.5, 0.6) is 0 Å². The largest absolute Gasteiger partial charge is 0.491 e. The fourth-order valence-corrected chi connectivity index (χ4v) is 0. The van der Waals surface area contributed by atoms with E-state index >= 15 is 0 Å². The second-order valence-electron chi connectivity index (χ2n) is 1.21. The second kappa shape index (κ2) is 7.91. The fourth-order valence-electron chi connectivity index (χ4n) is 0. The van der Waals surface area contributed by atoms with Gasteiger partial charge >= 0.3 is 0 Å². The molecule has 0 aromatic heterocycles. The summed E-state index contributed by atoms with van der Waals surface area (Å²) in [6, 6.07) is 0. The van der Waals surface area contributed by atoms with Gasteiger partial charge in [-0.25, -0.2) is 0 Å². The molecule has 2 nitrogen and oxygen atoms in total. The molecule has 0 aliphatic heterocycles. The highest BCUT2D eigenvalue weighted by Gasteiger charge is 1.69. The van der Waals surface area contributed by atoms with Crippen LogP contribution in [0.15, 0.2) is 0 Å². The van der Waals surface area contributed by atoms with Crippen molar-refractivity contribution < 1.29 is 9.53 Å². The highest BCUT2D eigenvalue weighted by atomic mass is 32.1. The lowest BCUT2D eigenvalue weighted by Crippen LogP contribution is -1.84. The molecule has 0 saturated heterocycles. The molecule has 0 aliphatic carbocycles. The first-order valence-electron chi connectivity index (χ1n) is 2.24. The first kappa shape index (κ1) is 11.7. The predicted molar refractivity (Wildman–Crippen MR) is 44.9 cm³/mol. The van der Waals surface area contributed by atoms with Gasteiger partial charge in [-0.15, -0.1) is 12.6 Å². The normalized spacial score (nSPS) is 6.67. The van der Waals surface area contributed by atoms with E-state index in [0.717, 1.165) is 0 Å². The molecule has 0 heterocycles. The van der Waals surface area contributed by atoms with Crippen molar-refractivity contribution in [3.63, 3.8) is 0 Å². The Morgan fingerprint density at radius 2 is 1.67 bits per heavy atom. The van der Waals surface area contributed by atoms with Crippen LogP contribution in [-0.2, 0) is 9.53 Å². The molecular weight excluding hydrogens is 156 g/mol. The van der Waals surface area contributed by atoms with Crippen molar-refractivity contribution in [2.45, 2.75) is 13.8 Å². The fraction of sp³-hybridized carbons (Fsp3) is 0.600. The van der Waals surface area contributed by atoms with Crippen molar-refractivity contribution in [2.75, 3.05) is 7.11 Å². The average Bonchev–Trinajstić information content (AvgIpc) is 1.65. The van der Waals surface area contributed by atoms with Gasteiger partial charge in [0, 0.05) is 13.8 Å². The van der Waals surface area contributed by atoms with Gasteiger partial charge in [0.25, 0.3) is 0 Å². The zero-order chi connectivity index (χ0) is 7.86. The van der Waals surface area contributed by atoms with E-state index in [1.807, 2.05) is 0 Å². The van der Waals surface area contributed by atoms with Crippen LogP contribution in [-0.4, -0.2) is 17.3 Å². The van der Waals surface area contributed by atoms with Crippen LogP contribution in [0.25, 0.3) is 0 Å². The van der Waals surface area contributed by atoms with Gasteiger partial charge in [0.15, 0.2) is 10.2 Å². The summed E-state index contributed by atoms with van der Waals surface area (Å²) in [6.45, 7) is 3.12. The molecule has 0 amide bonds. The number of thiol groups is 1. The maximum absolute atomic E-state index is 9.31. The summed E-state index contributed by atoms with van der Waals surface area (Å²) in [6.07, 6.45) is 0. The van der Waals surface area contributed by atoms with Crippen molar-refractivity contribution in [1.82, 2.24) is 0 Å². The van der Waals surface area contributed by atoms with E-state index < -0.39 is 0 Å². The zero-order valence-electron chi connectivity index (χ0n) is 5.67. The van der Waals surface area contributed by atoms with Gasteiger partial charge in [0.05, 0.1) is 7.11 Å². The Morgan fingerprint density at radius 1 is 1.56 bits per heavy atom. The minimum absolute atomic E-state index is 0.139. The molecule has 0 N–H and O–H groups in total. The number of carbonyl (C=O) groups excluding carboxylic acids is 1. The topological polar surface area (TPSA) is 26.3 Å². The van der Waals surface area contributed by atoms with E-state index in [1.165, 1.54) is 6.92 Å². The van der Waals surface area contributed by atoms with Crippen molar-refractivity contribution >= 4 is 35.0 Å². The van der Waals surface area contributed by atoms with Gasteiger partial charge in [-0.1, -0.05) is 0 Å². The van der Waals surface area contributed by atoms with Crippen LogP contribution in [0.4, 0.5) is 0 Å².